The minimum atomic E-state index is -0.0750. The van der Waals surface area contributed by atoms with Crippen molar-refractivity contribution in [2.45, 2.75) is 13.3 Å². The van der Waals surface area contributed by atoms with E-state index in [1.54, 1.807) is 25.4 Å². The summed E-state index contributed by atoms with van der Waals surface area (Å²) < 4.78 is 10.5. The lowest BCUT2D eigenvalue weighted by Gasteiger charge is -2.08. The van der Waals surface area contributed by atoms with Gasteiger partial charge in [0.1, 0.15) is 18.1 Å². The number of nitrogens with zero attached hydrogens (tertiary/aromatic N) is 2. The SMILES string of the molecule is COCCOc1cc(C)nc(C(=O)Cc2ccccn2)c1. The van der Waals surface area contributed by atoms with Gasteiger partial charge in [0.2, 0.25) is 0 Å². The number of hydrogen-bond acceptors (Lipinski definition) is 5. The van der Waals surface area contributed by atoms with Crippen LogP contribution in [0.15, 0.2) is 36.5 Å². The van der Waals surface area contributed by atoms with E-state index < -0.39 is 0 Å². The predicted octanol–water partition coefficient (Wildman–Crippen LogP) is 2.24. The van der Waals surface area contributed by atoms with Gasteiger partial charge in [0.05, 0.1) is 13.0 Å². The maximum absolute atomic E-state index is 12.3. The van der Waals surface area contributed by atoms with Gasteiger partial charge in [0.15, 0.2) is 5.78 Å². The van der Waals surface area contributed by atoms with E-state index in [9.17, 15) is 4.79 Å². The molecule has 21 heavy (non-hydrogen) atoms. The molecule has 2 aromatic rings. The van der Waals surface area contributed by atoms with Crippen LogP contribution in [0.4, 0.5) is 0 Å². The molecule has 0 bridgehead atoms. The van der Waals surface area contributed by atoms with Crippen LogP contribution in [0, 0.1) is 6.92 Å². The maximum atomic E-state index is 12.3. The average Bonchev–Trinajstić information content (AvgIpc) is 2.48. The smallest absolute Gasteiger partial charge is 0.187 e. The summed E-state index contributed by atoms with van der Waals surface area (Å²) in [5.41, 5.74) is 1.87. The molecule has 0 saturated heterocycles. The van der Waals surface area contributed by atoms with Crippen molar-refractivity contribution in [3.05, 3.63) is 53.6 Å². The number of carbonyl (C=O) groups excluding carboxylic acids is 1. The summed E-state index contributed by atoms with van der Waals surface area (Å²) in [6.07, 6.45) is 1.90. The van der Waals surface area contributed by atoms with Crippen LogP contribution in [0.2, 0.25) is 0 Å². The molecule has 0 aliphatic heterocycles. The lowest BCUT2D eigenvalue weighted by molar-refractivity contribution is 0.0986. The molecular formula is C16H18N2O3. The Bertz CT molecular complexity index is 600. The molecule has 5 heteroatoms. The van der Waals surface area contributed by atoms with E-state index >= 15 is 0 Å². The molecule has 0 atom stereocenters. The van der Waals surface area contributed by atoms with E-state index in [2.05, 4.69) is 9.97 Å². The van der Waals surface area contributed by atoms with E-state index in [4.69, 9.17) is 9.47 Å². The monoisotopic (exact) mass is 286 g/mol. The van der Waals surface area contributed by atoms with Gasteiger partial charge in [-0.1, -0.05) is 6.07 Å². The molecule has 0 fully saturated rings. The van der Waals surface area contributed by atoms with Crippen LogP contribution in [-0.2, 0) is 11.2 Å². The Morgan fingerprint density at radius 2 is 2.10 bits per heavy atom. The van der Waals surface area contributed by atoms with Gasteiger partial charge in [-0.3, -0.25) is 9.78 Å². The van der Waals surface area contributed by atoms with Gasteiger partial charge in [-0.15, -0.1) is 0 Å². The second kappa shape index (κ2) is 7.50. The van der Waals surface area contributed by atoms with Crippen LogP contribution in [0.1, 0.15) is 21.9 Å². The Kier molecular flexibility index (Phi) is 5.40. The molecule has 110 valence electrons. The topological polar surface area (TPSA) is 61.3 Å². The van der Waals surface area contributed by atoms with E-state index in [1.807, 2.05) is 25.1 Å². The molecule has 0 aromatic carbocycles. The molecule has 0 unspecified atom stereocenters. The molecule has 0 amide bonds. The largest absolute Gasteiger partial charge is 0.491 e. The first kappa shape index (κ1) is 15.1. The summed E-state index contributed by atoms with van der Waals surface area (Å²) in [5.74, 6) is 0.554. The van der Waals surface area contributed by atoms with Crippen molar-refractivity contribution in [1.82, 2.24) is 9.97 Å². The van der Waals surface area contributed by atoms with Crippen LogP contribution in [0.5, 0.6) is 5.75 Å². The van der Waals surface area contributed by atoms with Crippen molar-refractivity contribution < 1.29 is 14.3 Å². The molecule has 0 saturated carbocycles. The van der Waals surface area contributed by atoms with Gasteiger partial charge in [-0.2, -0.15) is 0 Å². The van der Waals surface area contributed by atoms with Gasteiger partial charge in [-0.25, -0.2) is 4.98 Å². The van der Waals surface area contributed by atoms with Gasteiger partial charge >= 0.3 is 0 Å². The number of rotatable bonds is 7. The van der Waals surface area contributed by atoms with E-state index in [0.29, 0.717) is 24.7 Å². The fourth-order valence-corrected chi connectivity index (χ4v) is 1.86. The fraction of sp³-hybridized carbons (Fsp3) is 0.312. The van der Waals surface area contributed by atoms with E-state index in [0.717, 1.165) is 11.4 Å². The molecule has 0 radical (unpaired) electrons. The van der Waals surface area contributed by atoms with Gasteiger partial charge in [0, 0.05) is 36.8 Å². The zero-order valence-corrected chi connectivity index (χ0v) is 12.2. The van der Waals surface area contributed by atoms with Crippen LogP contribution >= 0.6 is 0 Å². The number of carbonyl (C=O) groups is 1. The number of Topliss-reactive ketones (excluding diaryl/α,β-unsaturated/α-hetero) is 1. The number of ether oxygens (including phenoxy) is 2. The summed E-state index contributed by atoms with van der Waals surface area (Å²) in [6.45, 7) is 2.77. The summed E-state index contributed by atoms with van der Waals surface area (Å²) >= 11 is 0. The number of aryl methyl sites for hydroxylation is 1. The molecule has 2 rings (SSSR count). The quantitative estimate of drug-likeness (QED) is 0.577. The predicted molar refractivity (Wildman–Crippen MR) is 78.6 cm³/mol. The Morgan fingerprint density at radius 1 is 1.24 bits per heavy atom. The van der Waals surface area contributed by atoms with Crippen molar-refractivity contribution in [2.75, 3.05) is 20.3 Å². The van der Waals surface area contributed by atoms with E-state index in [-0.39, 0.29) is 12.2 Å². The van der Waals surface area contributed by atoms with Crippen LogP contribution < -0.4 is 4.74 Å². The standard InChI is InChI=1S/C16H18N2O3/c1-12-9-14(21-8-7-20-2)11-15(18-12)16(19)10-13-5-3-4-6-17-13/h3-6,9,11H,7-8,10H2,1-2H3. The molecular weight excluding hydrogens is 268 g/mol. The van der Waals surface area contributed by atoms with Crippen molar-refractivity contribution in [3.63, 3.8) is 0 Å². The first-order chi connectivity index (χ1) is 10.2. The zero-order chi connectivity index (χ0) is 15.1. The third-order valence-electron chi connectivity index (χ3n) is 2.84. The second-order valence-electron chi connectivity index (χ2n) is 4.59. The molecule has 0 aliphatic rings. The Hall–Kier alpha value is -2.27. The van der Waals surface area contributed by atoms with E-state index in [1.165, 1.54) is 0 Å². The van der Waals surface area contributed by atoms with Crippen molar-refractivity contribution >= 4 is 5.78 Å². The highest BCUT2D eigenvalue weighted by molar-refractivity contribution is 5.95. The van der Waals surface area contributed by atoms with Crippen LogP contribution in [0.3, 0.4) is 0 Å². The van der Waals surface area contributed by atoms with Gasteiger partial charge in [-0.05, 0) is 19.1 Å². The number of methoxy groups -OCH3 is 1. The first-order valence-electron chi connectivity index (χ1n) is 6.72. The lowest BCUT2D eigenvalue weighted by atomic mass is 10.1. The number of pyridine rings is 2. The highest BCUT2D eigenvalue weighted by atomic mass is 16.5. The first-order valence-corrected chi connectivity index (χ1v) is 6.72. The van der Waals surface area contributed by atoms with Gasteiger partial charge < -0.3 is 9.47 Å². The summed E-state index contributed by atoms with van der Waals surface area (Å²) in [7, 11) is 1.61. The molecule has 0 N–H and O–H groups in total. The number of ketones is 1. The molecule has 2 aromatic heterocycles. The Morgan fingerprint density at radius 3 is 2.81 bits per heavy atom. The molecule has 0 spiro atoms. The highest BCUT2D eigenvalue weighted by Crippen LogP contribution is 2.15. The number of aromatic nitrogens is 2. The van der Waals surface area contributed by atoms with Crippen molar-refractivity contribution in [1.29, 1.82) is 0 Å². The zero-order valence-electron chi connectivity index (χ0n) is 12.2. The minimum absolute atomic E-state index is 0.0750. The fourth-order valence-electron chi connectivity index (χ4n) is 1.86. The van der Waals surface area contributed by atoms with Crippen LogP contribution in [-0.4, -0.2) is 36.1 Å². The minimum Gasteiger partial charge on any atom is -0.491 e. The average molecular weight is 286 g/mol. The third kappa shape index (κ3) is 4.65. The Balaban J connectivity index is 2.09. The van der Waals surface area contributed by atoms with Crippen molar-refractivity contribution in [3.8, 4) is 5.75 Å². The summed E-state index contributed by atoms with van der Waals surface area (Å²) in [5, 5.41) is 0. The lowest BCUT2D eigenvalue weighted by Crippen LogP contribution is -2.10. The van der Waals surface area contributed by atoms with Gasteiger partial charge in [0.25, 0.3) is 0 Å². The Labute approximate surface area is 124 Å². The summed E-state index contributed by atoms with van der Waals surface area (Å²) in [6, 6.07) is 8.96. The normalized spacial score (nSPS) is 10.4. The highest BCUT2D eigenvalue weighted by Gasteiger charge is 2.11. The van der Waals surface area contributed by atoms with Crippen molar-refractivity contribution in [2.24, 2.45) is 0 Å². The summed E-state index contributed by atoms with van der Waals surface area (Å²) in [4.78, 5) is 20.7. The molecule has 5 nitrogen and oxygen atoms in total. The maximum Gasteiger partial charge on any atom is 0.187 e. The molecule has 0 aliphatic carbocycles. The molecule has 2 heterocycles. The third-order valence-corrected chi connectivity index (χ3v) is 2.84. The second-order valence-corrected chi connectivity index (χ2v) is 4.59. The number of hydrogen-bond donors (Lipinski definition) is 0. The van der Waals surface area contributed by atoms with Crippen LogP contribution in [0.25, 0.3) is 0 Å².